The Morgan fingerprint density at radius 1 is 1.07 bits per heavy atom. The summed E-state index contributed by atoms with van der Waals surface area (Å²) in [6, 6.07) is 13.0. The van der Waals surface area contributed by atoms with E-state index < -0.39 is 10.0 Å². The van der Waals surface area contributed by atoms with Gasteiger partial charge in [0.25, 0.3) is 10.0 Å². The van der Waals surface area contributed by atoms with E-state index in [1.165, 1.54) is 11.4 Å². The van der Waals surface area contributed by atoms with E-state index in [0.29, 0.717) is 23.1 Å². The first-order valence-corrected chi connectivity index (χ1v) is 10.5. The van der Waals surface area contributed by atoms with Gasteiger partial charge in [0.1, 0.15) is 5.82 Å². The molecule has 4 rings (SSSR count). The number of aryl methyl sites for hydroxylation is 3. The number of rotatable bonds is 4. The minimum Gasteiger partial charge on any atom is -0.274 e. The summed E-state index contributed by atoms with van der Waals surface area (Å²) in [5, 5.41) is 8.50. The fourth-order valence-electron chi connectivity index (χ4n) is 3.31. The van der Waals surface area contributed by atoms with E-state index in [1.54, 1.807) is 13.0 Å². The average Bonchev–Trinajstić information content (AvgIpc) is 3.13. The number of fused-ring (bicyclic) bond motifs is 3. The van der Waals surface area contributed by atoms with Crippen LogP contribution in [-0.4, -0.2) is 35.0 Å². The van der Waals surface area contributed by atoms with Crippen molar-refractivity contribution in [1.82, 2.24) is 19.6 Å². The van der Waals surface area contributed by atoms with E-state index in [1.807, 2.05) is 54.6 Å². The molecule has 2 aromatic heterocycles. The highest BCUT2D eigenvalue weighted by Crippen LogP contribution is 2.29. The van der Waals surface area contributed by atoms with E-state index in [9.17, 15) is 8.42 Å². The number of para-hydroxylation sites is 2. The highest BCUT2D eigenvalue weighted by atomic mass is 32.2. The topological polar surface area (TPSA) is 80.5 Å². The Bertz CT molecular complexity index is 1310. The van der Waals surface area contributed by atoms with Crippen molar-refractivity contribution in [2.45, 2.75) is 32.1 Å². The van der Waals surface area contributed by atoms with Gasteiger partial charge in [-0.1, -0.05) is 31.2 Å². The van der Waals surface area contributed by atoms with Crippen molar-refractivity contribution in [2.24, 2.45) is 0 Å². The zero-order valence-corrected chi connectivity index (χ0v) is 17.0. The predicted octanol–water partition coefficient (Wildman–Crippen LogP) is 3.28. The number of nitrogens with zero attached hydrogens (tertiary/aromatic N) is 5. The maximum absolute atomic E-state index is 13.4. The van der Waals surface area contributed by atoms with Gasteiger partial charge in [-0.3, -0.25) is 4.40 Å². The van der Waals surface area contributed by atoms with Gasteiger partial charge in [-0.2, -0.15) is 0 Å². The Balaban J connectivity index is 2.00. The summed E-state index contributed by atoms with van der Waals surface area (Å²) in [7, 11) is -2.30. The molecule has 0 bridgehead atoms. The predicted molar refractivity (Wildman–Crippen MR) is 109 cm³/mol. The second-order valence-electron chi connectivity index (χ2n) is 6.79. The third-order valence-corrected chi connectivity index (χ3v) is 6.77. The molecule has 7 nitrogen and oxygen atoms in total. The quantitative estimate of drug-likeness (QED) is 0.530. The van der Waals surface area contributed by atoms with Gasteiger partial charge in [0.2, 0.25) is 5.65 Å². The van der Waals surface area contributed by atoms with Crippen LogP contribution in [0.5, 0.6) is 0 Å². The van der Waals surface area contributed by atoms with E-state index in [4.69, 9.17) is 0 Å². The third-order valence-electron chi connectivity index (χ3n) is 4.88. The van der Waals surface area contributed by atoms with E-state index in [2.05, 4.69) is 15.2 Å². The lowest BCUT2D eigenvalue weighted by Crippen LogP contribution is -2.29. The molecule has 4 aromatic rings. The van der Waals surface area contributed by atoms with Crippen LogP contribution in [0.15, 0.2) is 47.4 Å². The lowest BCUT2D eigenvalue weighted by Gasteiger charge is -2.21. The minimum absolute atomic E-state index is 0.256. The van der Waals surface area contributed by atoms with Crippen LogP contribution in [0, 0.1) is 13.8 Å². The van der Waals surface area contributed by atoms with Crippen LogP contribution in [0.1, 0.15) is 23.9 Å². The monoisotopic (exact) mass is 395 g/mol. The second-order valence-corrected chi connectivity index (χ2v) is 8.73. The van der Waals surface area contributed by atoms with E-state index in [-0.39, 0.29) is 10.7 Å². The first kappa shape index (κ1) is 18.4. The van der Waals surface area contributed by atoms with Gasteiger partial charge in [-0.05, 0) is 43.2 Å². The lowest BCUT2D eigenvalue weighted by atomic mass is 10.2. The van der Waals surface area contributed by atoms with Gasteiger partial charge in [-0.25, -0.2) is 17.7 Å². The van der Waals surface area contributed by atoms with Crippen LogP contribution >= 0.6 is 0 Å². The molecule has 2 aromatic carbocycles. The smallest absolute Gasteiger partial charge is 0.265 e. The molecule has 0 unspecified atom stereocenters. The Kier molecular flexibility index (Phi) is 4.30. The van der Waals surface area contributed by atoms with Crippen LogP contribution in [-0.2, 0) is 16.4 Å². The summed E-state index contributed by atoms with van der Waals surface area (Å²) >= 11 is 0. The molecule has 0 saturated carbocycles. The largest absolute Gasteiger partial charge is 0.274 e. The van der Waals surface area contributed by atoms with Gasteiger partial charge in [-0.15, -0.1) is 10.2 Å². The average molecular weight is 395 g/mol. The molecule has 8 heteroatoms. The normalized spacial score (nSPS) is 12.0. The summed E-state index contributed by atoms with van der Waals surface area (Å²) in [6.45, 7) is 5.65. The molecule has 0 atom stereocenters. The summed E-state index contributed by atoms with van der Waals surface area (Å²) in [4.78, 5) is 4.88. The number of hydrogen-bond donors (Lipinski definition) is 0. The summed E-state index contributed by atoms with van der Waals surface area (Å²) < 4.78 is 29.9. The molecule has 0 amide bonds. The Morgan fingerprint density at radius 3 is 2.57 bits per heavy atom. The van der Waals surface area contributed by atoms with E-state index in [0.717, 1.165) is 16.9 Å². The number of aromatic nitrogens is 4. The first-order valence-electron chi connectivity index (χ1n) is 9.03. The number of benzene rings is 2. The van der Waals surface area contributed by atoms with Gasteiger partial charge in [0.05, 0.1) is 15.9 Å². The van der Waals surface area contributed by atoms with Crippen LogP contribution in [0.4, 0.5) is 5.82 Å². The number of sulfonamides is 1. The number of anilines is 1. The molecule has 0 saturated heterocycles. The lowest BCUT2D eigenvalue weighted by molar-refractivity contribution is 0.593. The molecule has 0 radical (unpaired) electrons. The third kappa shape index (κ3) is 2.72. The van der Waals surface area contributed by atoms with E-state index >= 15 is 0 Å². The number of hydrogen-bond acceptors (Lipinski definition) is 5. The minimum atomic E-state index is -3.81. The van der Waals surface area contributed by atoms with Crippen molar-refractivity contribution in [3.8, 4) is 0 Å². The Labute approximate surface area is 163 Å². The zero-order chi connectivity index (χ0) is 20.1. The first-order chi connectivity index (χ1) is 13.3. The van der Waals surface area contributed by atoms with Crippen molar-refractivity contribution in [3.05, 3.63) is 59.4 Å². The molecule has 0 aliphatic heterocycles. The highest BCUT2D eigenvalue weighted by molar-refractivity contribution is 7.92. The Hall–Kier alpha value is -3.00. The summed E-state index contributed by atoms with van der Waals surface area (Å²) in [5.74, 6) is 1.01. The second kappa shape index (κ2) is 6.56. The van der Waals surface area contributed by atoms with Gasteiger partial charge in [0, 0.05) is 13.5 Å². The van der Waals surface area contributed by atoms with Crippen molar-refractivity contribution >= 4 is 32.5 Å². The molecule has 0 fully saturated rings. The molecular formula is C20H21N5O2S. The van der Waals surface area contributed by atoms with Gasteiger partial charge in [0.15, 0.2) is 5.82 Å². The highest BCUT2D eigenvalue weighted by Gasteiger charge is 2.28. The van der Waals surface area contributed by atoms with Crippen molar-refractivity contribution in [1.29, 1.82) is 0 Å². The van der Waals surface area contributed by atoms with Crippen LogP contribution in [0.3, 0.4) is 0 Å². The summed E-state index contributed by atoms with van der Waals surface area (Å²) in [5.41, 5.74) is 3.52. The van der Waals surface area contributed by atoms with Crippen molar-refractivity contribution in [3.63, 3.8) is 0 Å². The van der Waals surface area contributed by atoms with Crippen molar-refractivity contribution < 1.29 is 8.42 Å². The molecule has 0 aliphatic rings. The maximum atomic E-state index is 13.4. The van der Waals surface area contributed by atoms with Crippen LogP contribution < -0.4 is 4.31 Å². The standard InChI is InChI=1S/C20H21N5O2S/c1-5-18-22-23-20-19(21-15-8-6-7-9-16(15)25(18)20)24(4)28(26,27)17-12-13(2)10-11-14(17)3/h6-12H,5H2,1-4H3. The molecule has 0 N–H and O–H groups in total. The molecule has 0 spiro atoms. The Morgan fingerprint density at radius 2 is 1.82 bits per heavy atom. The van der Waals surface area contributed by atoms with Gasteiger partial charge < -0.3 is 0 Å². The van der Waals surface area contributed by atoms with Crippen LogP contribution in [0.25, 0.3) is 16.7 Å². The fourth-order valence-corrected chi connectivity index (χ4v) is 4.77. The van der Waals surface area contributed by atoms with Crippen LogP contribution in [0.2, 0.25) is 0 Å². The fraction of sp³-hybridized carbons (Fsp3) is 0.250. The zero-order valence-electron chi connectivity index (χ0n) is 16.2. The maximum Gasteiger partial charge on any atom is 0.265 e. The molecule has 28 heavy (non-hydrogen) atoms. The summed E-state index contributed by atoms with van der Waals surface area (Å²) in [6.07, 6.45) is 0.669. The molecule has 144 valence electrons. The molecular weight excluding hydrogens is 374 g/mol. The van der Waals surface area contributed by atoms with Crippen molar-refractivity contribution in [2.75, 3.05) is 11.4 Å². The molecule has 2 heterocycles. The SMILES string of the molecule is CCc1nnc2c(N(C)S(=O)(=O)c3cc(C)ccc3C)nc3ccccc3n12. The molecule has 0 aliphatic carbocycles. The van der Waals surface area contributed by atoms with Gasteiger partial charge >= 0.3 is 0 Å².